The van der Waals surface area contributed by atoms with Crippen molar-refractivity contribution in [2.45, 2.75) is 20.3 Å². The Labute approximate surface area is 122 Å². The SMILES string of the molecule is Cc1ccc(CC(=O)Nc2ccc3oc(C)nc3c2)cc1. The molecule has 3 aromatic rings. The maximum atomic E-state index is 12.1. The Hall–Kier alpha value is -2.62. The van der Waals surface area contributed by atoms with Crippen molar-refractivity contribution in [1.29, 1.82) is 0 Å². The molecule has 0 unspecified atom stereocenters. The molecule has 0 saturated heterocycles. The topological polar surface area (TPSA) is 55.1 Å². The molecule has 0 aliphatic heterocycles. The zero-order valence-electron chi connectivity index (χ0n) is 12.0. The van der Waals surface area contributed by atoms with Gasteiger partial charge in [-0.1, -0.05) is 29.8 Å². The Morgan fingerprint density at radius 3 is 2.67 bits per heavy atom. The Balaban J connectivity index is 1.71. The summed E-state index contributed by atoms with van der Waals surface area (Å²) in [6.07, 6.45) is 0.357. The van der Waals surface area contributed by atoms with Crippen molar-refractivity contribution < 1.29 is 9.21 Å². The molecule has 0 fully saturated rings. The van der Waals surface area contributed by atoms with Gasteiger partial charge in [-0.25, -0.2) is 4.98 Å². The number of rotatable bonds is 3. The van der Waals surface area contributed by atoms with Crippen LogP contribution < -0.4 is 5.32 Å². The van der Waals surface area contributed by atoms with Gasteiger partial charge in [0.05, 0.1) is 6.42 Å². The van der Waals surface area contributed by atoms with Gasteiger partial charge in [0.1, 0.15) is 5.52 Å². The van der Waals surface area contributed by atoms with Crippen LogP contribution in [0.5, 0.6) is 0 Å². The highest BCUT2D eigenvalue weighted by Gasteiger charge is 2.07. The van der Waals surface area contributed by atoms with Crippen LogP contribution in [-0.2, 0) is 11.2 Å². The first-order chi connectivity index (χ1) is 10.1. The van der Waals surface area contributed by atoms with E-state index in [0.29, 0.717) is 12.3 Å². The summed E-state index contributed by atoms with van der Waals surface area (Å²) in [4.78, 5) is 16.3. The minimum atomic E-state index is -0.0431. The standard InChI is InChI=1S/C17H16N2O2/c1-11-3-5-13(6-4-11)9-17(20)19-14-7-8-16-15(10-14)18-12(2)21-16/h3-8,10H,9H2,1-2H3,(H,19,20). The largest absolute Gasteiger partial charge is 0.441 e. The number of hydrogen-bond donors (Lipinski definition) is 1. The van der Waals surface area contributed by atoms with E-state index in [1.165, 1.54) is 5.56 Å². The third kappa shape index (κ3) is 3.11. The Bertz CT molecular complexity index is 788. The maximum absolute atomic E-state index is 12.1. The molecule has 1 amide bonds. The van der Waals surface area contributed by atoms with Crippen molar-refractivity contribution >= 4 is 22.7 Å². The predicted molar refractivity (Wildman–Crippen MR) is 82.3 cm³/mol. The number of fused-ring (bicyclic) bond motifs is 1. The molecule has 1 heterocycles. The smallest absolute Gasteiger partial charge is 0.228 e. The first kappa shape index (κ1) is 13.4. The molecule has 1 N–H and O–H groups in total. The van der Waals surface area contributed by atoms with E-state index in [2.05, 4.69) is 10.3 Å². The predicted octanol–water partition coefficient (Wildman–Crippen LogP) is 3.63. The lowest BCUT2D eigenvalue weighted by molar-refractivity contribution is -0.115. The van der Waals surface area contributed by atoms with E-state index >= 15 is 0 Å². The molecule has 0 spiro atoms. The van der Waals surface area contributed by atoms with E-state index in [-0.39, 0.29) is 5.91 Å². The zero-order chi connectivity index (χ0) is 14.8. The maximum Gasteiger partial charge on any atom is 0.228 e. The molecule has 3 rings (SSSR count). The average molecular weight is 280 g/mol. The van der Waals surface area contributed by atoms with Gasteiger partial charge in [-0.3, -0.25) is 4.79 Å². The third-order valence-electron chi connectivity index (χ3n) is 3.26. The van der Waals surface area contributed by atoms with E-state index < -0.39 is 0 Å². The van der Waals surface area contributed by atoms with Crippen LogP contribution in [0.1, 0.15) is 17.0 Å². The summed E-state index contributed by atoms with van der Waals surface area (Å²) in [5.74, 6) is 0.576. The molecular formula is C17H16N2O2. The number of anilines is 1. The monoisotopic (exact) mass is 280 g/mol. The fourth-order valence-electron chi connectivity index (χ4n) is 2.22. The number of aryl methyl sites for hydroxylation is 2. The molecule has 4 heteroatoms. The van der Waals surface area contributed by atoms with Crippen molar-refractivity contribution in [2.24, 2.45) is 0 Å². The highest BCUT2D eigenvalue weighted by Crippen LogP contribution is 2.19. The number of amides is 1. The Morgan fingerprint density at radius 1 is 1.14 bits per heavy atom. The first-order valence-electron chi connectivity index (χ1n) is 6.83. The van der Waals surface area contributed by atoms with E-state index in [1.54, 1.807) is 6.92 Å². The summed E-state index contributed by atoms with van der Waals surface area (Å²) in [6, 6.07) is 13.4. The fraction of sp³-hybridized carbons (Fsp3) is 0.176. The van der Waals surface area contributed by atoms with Gasteiger partial charge in [0.2, 0.25) is 5.91 Å². The van der Waals surface area contributed by atoms with Crippen molar-refractivity contribution in [1.82, 2.24) is 4.98 Å². The molecule has 0 atom stereocenters. The van der Waals surface area contributed by atoms with E-state index in [9.17, 15) is 4.79 Å². The summed E-state index contributed by atoms with van der Waals surface area (Å²) >= 11 is 0. The van der Waals surface area contributed by atoms with Crippen molar-refractivity contribution in [3.05, 3.63) is 59.5 Å². The normalized spacial score (nSPS) is 10.8. The molecule has 0 bridgehead atoms. The summed E-state index contributed by atoms with van der Waals surface area (Å²) in [6.45, 7) is 3.83. The lowest BCUT2D eigenvalue weighted by atomic mass is 10.1. The van der Waals surface area contributed by atoms with E-state index in [4.69, 9.17) is 4.42 Å². The van der Waals surface area contributed by atoms with Crippen LogP contribution in [0.25, 0.3) is 11.1 Å². The second kappa shape index (κ2) is 5.40. The van der Waals surface area contributed by atoms with Crippen LogP contribution >= 0.6 is 0 Å². The second-order valence-corrected chi connectivity index (χ2v) is 5.13. The summed E-state index contributed by atoms with van der Waals surface area (Å²) in [5.41, 5.74) is 4.39. The van der Waals surface area contributed by atoms with Crippen LogP contribution in [0, 0.1) is 13.8 Å². The molecule has 2 aromatic carbocycles. The third-order valence-corrected chi connectivity index (χ3v) is 3.26. The number of hydrogen-bond acceptors (Lipinski definition) is 3. The number of benzene rings is 2. The summed E-state index contributed by atoms with van der Waals surface area (Å²) in [5, 5.41) is 2.89. The van der Waals surface area contributed by atoms with Crippen LogP contribution in [0.15, 0.2) is 46.9 Å². The van der Waals surface area contributed by atoms with Crippen LogP contribution in [0.3, 0.4) is 0 Å². The van der Waals surface area contributed by atoms with Crippen molar-refractivity contribution in [3.63, 3.8) is 0 Å². The number of nitrogens with one attached hydrogen (secondary N) is 1. The summed E-state index contributed by atoms with van der Waals surface area (Å²) in [7, 11) is 0. The van der Waals surface area contributed by atoms with Crippen LogP contribution in [0.2, 0.25) is 0 Å². The van der Waals surface area contributed by atoms with Crippen molar-refractivity contribution in [3.8, 4) is 0 Å². The molecule has 106 valence electrons. The highest BCUT2D eigenvalue weighted by atomic mass is 16.3. The first-order valence-corrected chi connectivity index (χ1v) is 6.83. The van der Waals surface area contributed by atoms with Gasteiger partial charge in [-0.15, -0.1) is 0 Å². The number of nitrogens with zero attached hydrogens (tertiary/aromatic N) is 1. The lowest BCUT2D eigenvalue weighted by Crippen LogP contribution is -2.14. The molecule has 0 radical (unpaired) electrons. The minimum absolute atomic E-state index is 0.0431. The number of carbonyl (C=O) groups excluding carboxylic acids is 1. The van der Waals surface area contributed by atoms with E-state index in [0.717, 1.165) is 22.4 Å². The van der Waals surface area contributed by atoms with Crippen LogP contribution in [-0.4, -0.2) is 10.9 Å². The number of aromatic nitrogens is 1. The van der Waals surface area contributed by atoms with Gasteiger partial charge < -0.3 is 9.73 Å². The number of oxazole rings is 1. The van der Waals surface area contributed by atoms with Gasteiger partial charge in [0, 0.05) is 12.6 Å². The van der Waals surface area contributed by atoms with E-state index in [1.807, 2.05) is 49.4 Å². The van der Waals surface area contributed by atoms with Gasteiger partial charge >= 0.3 is 0 Å². The molecule has 0 saturated carbocycles. The van der Waals surface area contributed by atoms with Gasteiger partial charge in [-0.2, -0.15) is 0 Å². The fourth-order valence-corrected chi connectivity index (χ4v) is 2.22. The molecule has 21 heavy (non-hydrogen) atoms. The van der Waals surface area contributed by atoms with Crippen molar-refractivity contribution in [2.75, 3.05) is 5.32 Å². The quantitative estimate of drug-likeness (QED) is 0.797. The van der Waals surface area contributed by atoms with Gasteiger partial charge in [0.25, 0.3) is 0 Å². The Morgan fingerprint density at radius 2 is 1.90 bits per heavy atom. The average Bonchev–Trinajstić information content (AvgIpc) is 2.80. The summed E-state index contributed by atoms with van der Waals surface area (Å²) < 4.78 is 5.41. The van der Waals surface area contributed by atoms with Gasteiger partial charge in [0.15, 0.2) is 11.5 Å². The molecule has 4 nitrogen and oxygen atoms in total. The second-order valence-electron chi connectivity index (χ2n) is 5.13. The van der Waals surface area contributed by atoms with Crippen LogP contribution in [0.4, 0.5) is 5.69 Å². The molecule has 0 aliphatic rings. The lowest BCUT2D eigenvalue weighted by Gasteiger charge is -2.05. The minimum Gasteiger partial charge on any atom is -0.441 e. The number of carbonyl (C=O) groups is 1. The zero-order valence-corrected chi connectivity index (χ0v) is 12.0. The highest BCUT2D eigenvalue weighted by molar-refractivity contribution is 5.94. The van der Waals surface area contributed by atoms with Gasteiger partial charge in [-0.05, 0) is 30.7 Å². The molecule has 0 aliphatic carbocycles. The Kier molecular flexibility index (Phi) is 3.44. The molecule has 1 aromatic heterocycles. The molecular weight excluding hydrogens is 264 g/mol.